The van der Waals surface area contributed by atoms with E-state index in [1.54, 1.807) is 0 Å². The van der Waals surface area contributed by atoms with Crippen molar-refractivity contribution in [3.63, 3.8) is 0 Å². The fourth-order valence-corrected chi connectivity index (χ4v) is 3.05. The summed E-state index contributed by atoms with van der Waals surface area (Å²) in [6.07, 6.45) is 0. The van der Waals surface area contributed by atoms with Gasteiger partial charge in [-0.1, -0.05) is 48.0 Å². The van der Waals surface area contributed by atoms with Crippen molar-refractivity contribution in [2.75, 3.05) is 0 Å². The van der Waals surface area contributed by atoms with Gasteiger partial charge in [0.25, 0.3) is 0 Å². The van der Waals surface area contributed by atoms with E-state index in [-0.39, 0.29) is 0 Å². The van der Waals surface area contributed by atoms with E-state index in [0.29, 0.717) is 0 Å². The summed E-state index contributed by atoms with van der Waals surface area (Å²) in [4.78, 5) is 0. The van der Waals surface area contributed by atoms with E-state index < -0.39 is 8.32 Å². The van der Waals surface area contributed by atoms with Crippen LogP contribution in [0.5, 0.6) is 5.75 Å². The molecule has 0 atom stereocenters. The molecule has 0 aliphatic heterocycles. The van der Waals surface area contributed by atoms with Gasteiger partial charge in [-0.15, -0.1) is 0 Å². The smallest absolute Gasteiger partial charge is 0.242 e. The quantitative estimate of drug-likeness (QED) is 0.669. The Bertz CT molecular complexity index is 648. The number of hydrogen-bond donors (Lipinski definition) is 0. The van der Waals surface area contributed by atoms with Gasteiger partial charge in [0.05, 0.1) is 0 Å². The lowest BCUT2D eigenvalue weighted by molar-refractivity contribution is 0.555. The summed E-state index contributed by atoms with van der Waals surface area (Å²) in [5, 5.41) is 0. The van der Waals surface area contributed by atoms with Gasteiger partial charge < -0.3 is 4.43 Å². The molecule has 0 radical (unpaired) electrons. The SMILES string of the molecule is C=C(c1ccc(C)cc1)c1cc(C)ccc1O[Si](C)(C)C. The Morgan fingerprint density at radius 2 is 1.48 bits per heavy atom. The van der Waals surface area contributed by atoms with Crippen molar-refractivity contribution < 1.29 is 4.43 Å². The molecule has 110 valence electrons. The highest BCUT2D eigenvalue weighted by atomic mass is 28.4. The van der Waals surface area contributed by atoms with Crippen molar-refractivity contribution in [1.29, 1.82) is 0 Å². The van der Waals surface area contributed by atoms with Gasteiger partial charge in [-0.25, -0.2) is 0 Å². The number of hydrogen-bond acceptors (Lipinski definition) is 1. The van der Waals surface area contributed by atoms with Crippen LogP contribution in [0.25, 0.3) is 5.57 Å². The molecule has 0 fully saturated rings. The number of rotatable bonds is 4. The van der Waals surface area contributed by atoms with Crippen molar-refractivity contribution in [1.82, 2.24) is 0 Å². The van der Waals surface area contributed by atoms with Crippen LogP contribution >= 0.6 is 0 Å². The summed E-state index contributed by atoms with van der Waals surface area (Å²) in [6.45, 7) is 15.1. The topological polar surface area (TPSA) is 9.23 Å². The third-order valence-corrected chi connectivity index (χ3v) is 4.11. The lowest BCUT2D eigenvalue weighted by Gasteiger charge is -2.23. The molecule has 2 aromatic carbocycles. The lowest BCUT2D eigenvalue weighted by atomic mass is 9.97. The van der Waals surface area contributed by atoms with Crippen molar-refractivity contribution in [3.8, 4) is 5.75 Å². The first-order chi connectivity index (χ1) is 9.76. The minimum absolute atomic E-state index is 0.949. The Balaban J connectivity index is 2.44. The second-order valence-electron chi connectivity index (χ2n) is 6.56. The van der Waals surface area contributed by atoms with Gasteiger partial charge in [0.2, 0.25) is 8.32 Å². The van der Waals surface area contributed by atoms with Crippen molar-refractivity contribution >= 4 is 13.9 Å². The van der Waals surface area contributed by atoms with Crippen LogP contribution in [0.2, 0.25) is 19.6 Å². The molecular weight excluding hydrogens is 272 g/mol. The Morgan fingerprint density at radius 3 is 2.05 bits per heavy atom. The number of aryl methyl sites for hydroxylation is 2. The van der Waals surface area contributed by atoms with E-state index in [4.69, 9.17) is 4.43 Å². The third kappa shape index (κ3) is 4.08. The van der Waals surface area contributed by atoms with E-state index in [9.17, 15) is 0 Å². The van der Waals surface area contributed by atoms with E-state index in [1.165, 1.54) is 11.1 Å². The molecule has 0 aliphatic carbocycles. The first kappa shape index (κ1) is 15.6. The van der Waals surface area contributed by atoms with Gasteiger partial charge in [-0.3, -0.25) is 0 Å². The first-order valence-electron chi connectivity index (χ1n) is 7.32. The zero-order valence-electron chi connectivity index (χ0n) is 13.7. The van der Waals surface area contributed by atoms with Gasteiger partial charge in [-0.05, 0) is 56.8 Å². The molecule has 0 aromatic heterocycles. The first-order valence-corrected chi connectivity index (χ1v) is 10.7. The molecule has 2 aromatic rings. The summed E-state index contributed by atoms with van der Waals surface area (Å²) in [5.41, 5.74) is 5.75. The highest BCUT2D eigenvalue weighted by Crippen LogP contribution is 2.32. The van der Waals surface area contributed by atoms with Gasteiger partial charge >= 0.3 is 0 Å². The van der Waals surface area contributed by atoms with Crippen LogP contribution in [-0.2, 0) is 0 Å². The standard InChI is InChI=1S/C19H24OSi/c1-14-7-10-17(11-8-14)16(3)18-13-15(2)9-12-19(18)20-21(4,5)6/h7-13H,3H2,1-2,4-6H3. The summed E-state index contributed by atoms with van der Waals surface area (Å²) in [6, 6.07) is 14.8. The molecule has 0 N–H and O–H groups in total. The van der Waals surface area contributed by atoms with Crippen molar-refractivity contribution in [2.24, 2.45) is 0 Å². The average molecular weight is 296 g/mol. The lowest BCUT2D eigenvalue weighted by Crippen LogP contribution is -2.29. The predicted octanol–water partition coefficient (Wildman–Crippen LogP) is 5.58. The Kier molecular flexibility index (Phi) is 4.38. The second-order valence-corrected chi connectivity index (χ2v) is 11.0. The Hall–Kier alpha value is -1.80. The molecule has 0 unspecified atom stereocenters. The summed E-state index contributed by atoms with van der Waals surface area (Å²) in [5.74, 6) is 0.949. The van der Waals surface area contributed by atoms with Crippen LogP contribution in [-0.4, -0.2) is 8.32 Å². The van der Waals surface area contributed by atoms with E-state index >= 15 is 0 Å². The van der Waals surface area contributed by atoms with Crippen LogP contribution in [0, 0.1) is 13.8 Å². The maximum Gasteiger partial charge on any atom is 0.242 e. The normalized spacial score (nSPS) is 11.3. The monoisotopic (exact) mass is 296 g/mol. The molecule has 0 saturated carbocycles. The van der Waals surface area contributed by atoms with Gasteiger partial charge in [0, 0.05) is 5.56 Å². The maximum absolute atomic E-state index is 6.23. The molecule has 0 saturated heterocycles. The van der Waals surface area contributed by atoms with E-state index in [0.717, 1.165) is 22.4 Å². The molecule has 21 heavy (non-hydrogen) atoms. The molecule has 0 heterocycles. The average Bonchev–Trinajstić information content (AvgIpc) is 2.39. The second kappa shape index (κ2) is 5.90. The summed E-state index contributed by atoms with van der Waals surface area (Å²) < 4.78 is 6.23. The third-order valence-electron chi connectivity index (χ3n) is 3.28. The van der Waals surface area contributed by atoms with Crippen molar-refractivity contribution in [2.45, 2.75) is 33.5 Å². The fourth-order valence-electron chi connectivity index (χ4n) is 2.21. The molecule has 0 bridgehead atoms. The van der Waals surface area contributed by atoms with Crippen LogP contribution in [0.4, 0.5) is 0 Å². The molecule has 0 spiro atoms. The molecule has 2 rings (SSSR count). The summed E-state index contributed by atoms with van der Waals surface area (Å²) >= 11 is 0. The zero-order chi connectivity index (χ0) is 15.6. The Labute approximate surface area is 129 Å². The molecule has 2 heteroatoms. The minimum Gasteiger partial charge on any atom is -0.544 e. The van der Waals surface area contributed by atoms with Crippen LogP contribution in [0.3, 0.4) is 0 Å². The summed E-state index contributed by atoms with van der Waals surface area (Å²) in [7, 11) is -1.64. The molecule has 0 aliphatic rings. The maximum atomic E-state index is 6.23. The van der Waals surface area contributed by atoms with E-state index in [1.807, 2.05) is 0 Å². The van der Waals surface area contributed by atoms with Gasteiger partial charge in [-0.2, -0.15) is 0 Å². The predicted molar refractivity (Wildman–Crippen MR) is 94.5 cm³/mol. The van der Waals surface area contributed by atoms with Crippen LogP contribution < -0.4 is 4.43 Å². The fraction of sp³-hybridized carbons (Fsp3) is 0.263. The van der Waals surface area contributed by atoms with Crippen molar-refractivity contribution in [3.05, 3.63) is 71.3 Å². The molecule has 0 amide bonds. The van der Waals surface area contributed by atoms with Gasteiger partial charge in [0.1, 0.15) is 5.75 Å². The van der Waals surface area contributed by atoms with Crippen LogP contribution in [0.1, 0.15) is 22.3 Å². The van der Waals surface area contributed by atoms with E-state index in [2.05, 4.69) is 82.5 Å². The Morgan fingerprint density at radius 1 is 0.905 bits per heavy atom. The number of benzene rings is 2. The largest absolute Gasteiger partial charge is 0.544 e. The highest BCUT2D eigenvalue weighted by molar-refractivity contribution is 6.70. The zero-order valence-corrected chi connectivity index (χ0v) is 14.7. The minimum atomic E-state index is -1.64. The molecule has 1 nitrogen and oxygen atoms in total. The van der Waals surface area contributed by atoms with Crippen LogP contribution in [0.15, 0.2) is 49.0 Å². The molecular formula is C19H24OSi. The van der Waals surface area contributed by atoms with Gasteiger partial charge in [0.15, 0.2) is 0 Å². The highest BCUT2D eigenvalue weighted by Gasteiger charge is 2.19.